The Morgan fingerprint density at radius 3 is 2.65 bits per heavy atom. The summed E-state index contributed by atoms with van der Waals surface area (Å²) >= 11 is 0. The molecule has 5 nitrogen and oxygen atoms in total. The fraction of sp³-hybridized carbons (Fsp3) is 0.867. The van der Waals surface area contributed by atoms with Crippen LogP contribution in [0.3, 0.4) is 0 Å². The number of aliphatic carboxylic acids is 1. The summed E-state index contributed by atoms with van der Waals surface area (Å²) in [6, 6.07) is -0.606. The number of nitrogens with one attached hydrogen (secondary N) is 1. The van der Waals surface area contributed by atoms with Crippen molar-refractivity contribution in [2.45, 2.75) is 45.1 Å². The number of amides is 1. The number of hydrogen-bond acceptors (Lipinski definition) is 3. The Balaban J connectivity index is 1.69. The average Bonchev–Trinajstić information content (AvgIpc) is 3.12. The van der Waals surface area contributed by atoms with Crippen molar-refractivity contribution >= 4 is 11.9 Å². The van der Waals surface area contributed by atoms with Crippen LogP contribution in [0.4, 0.5) is 0 Å². The van der Waals surface area contributed by atoms with Gasteiger partial charge < -0.3 is 15.3 Å². The highest BCUT2D eigenvalue weighted by molar-refractivity contribution is 5.87. The average molecular weight is 280 g/mol. The first kappa shape index (κ1) is 13.9. The molecule has 2 aliphatic heterocycles. The minimum Gasteiger partial charge on any atom is -0.480 e. The van der Waals surface area contributed by atoms with E-state index in [9.17, 15) is 14.7 Å². The van der Waals surface area contributed by atoms with Gasteiger partial charge >= 0.3 is 5.97 Å². The van der Waals surface area contributed by atoms with Crippen LogP contribution in [0.25, 0.3) is 0 Å². The van der Waals surface area contributed by atoms with E-state index in [4.69, 9.17) is 0 Å². The maximum absolute atomic E-state index is 12.7. The summed E-state index contributed by atoms with van der Waals surface area (Å²) in [4.78, 5) is 25.8. The summed E-state index contributed by atoms with van der Waals surface area (Å²) in [6.07, 6.45) is 4.61. The smallest absolute Gasteiger partial charge is 0.326 e. The molecule has 0 bridgehead atoms. The van der Waals surface area contributed by atoms with E-state index in [1.807, 2.05) is 0 Å². The van der Waals surface area contributed by atoms with Crippen LogP contribution >= 0.6 is 0 Å². The highest BCUT2D eigenvalue weighted by Crippen LogP contribution is 2.59. The van der Waals surface area contributed by atoms with E-state index in [0.29, 0.717) is 18.9 Å². The molecule has 3 fully saturated rings. The number of carbonyl (C=O) groups excluding carboxylic acids is 1. The third-order valence-electron chi connectivity index (χ3n) is 5.52. The molecule has 0 aromatic carbocycles. The molecule has 2 heterocycles. The predicted molar refractivity (Wildman–Crippen MR) is 74.2 cm³/mol. The second-order valence-corrected chi connectivity index (χ2v) is 6.88. The molecule has 3 aliphatic rings. The van der Waals surface area contributed by atoms with Crippen LogP contribution < -0.4 is 5.32 Å². The first-order valence-electron chi connectivity index (χ1n) is 7.77. The van der Waals surface area contributed by atoms with Gasteiger partial charge in [0.2, 0.25) is 5.91 Å². The second-order valence-electron chi connectivity index (χ2n) is 6.88. The molecule has 0 aromatic rings. The van der Waals surface area contributed by atoms with Crippen molar-refractivity contribution in [2.75, 3.05) is 19.6 Å². The van der Waals surface area contributed by atoms with Crippen molar-refractivity contribution in [2.24, 2.45) is 17.3 Å². The zero-order valence-corrected chi connectivity index (χ0v) is 12.1. The van der Waals surface area contributed by atoms with E-state index >= 15 is 0 Å². The SMILES string of the molecule is CC1CCN(C(=O)C2CC23CCNCC3)C(C(=O)O)C1. The zero-order valence-electron chi connectivity index (χ0n) is 12.1. The van der Waals surface area contributed by atoms with Crippen LogP contribution in [0.1, 0.15) is 39.0 Å². The predicted octanol–water partition coefficient (Wildman–Crippen LogP) is 1.09. The lowest BCUT2D eigenvalue weighted by atomic mass is 9.89. The molecule has 112 valence electrons. The molecule has 1 spiro atoms. The van der Waals surface area contributed by atoms with Crippen molar-refractivity contribution in [3.63, 3.8) is 0 Å². The molecule has 5 heteroatoms. The molecule has 20 heavy (non-hydrogen) atoms. The van der Waals surface area contributed by atoms with E-state index in [-0.39, 0.29) is 17.2 Å². The number of likely N-dealkylation sites (tertiary alicyclic amines) is 1. The summed E-state index contributed by atoms with van der Waals surface area (Å²) in [5.74, 6) is -0.261. The molecule has 1 aliphatic carbocycles. The van der Waals surface area contributed by atoms with E-state index in [1.54, 1.807) is 4.90 Å². The Labute approximate surface area is 119 Å². The molecule has 2 saturated heterocycles. The zero-order chi connectivity index (χ0) is 14.3. The highest BCUT2D eigenvalue weighted by Gasteiger charge is 2.59. The van der Waals surface area contributed by atoms with Gasteiger partial charge in [-0.3, -0.25) is 4.79 Å². The van der Waals surface area contributed by atoms with Crippen LogP contribution in [0, 0.1) is 17.3 Å². The van der Waals surface area contributed by atoms with Crippen molar-refractivity contribution in [1.29, 1.82) is 0 Å². The van der Waals surface area contributed by atoms with E-state index in [1.165, 1.54) is 0 Å². The van der Waals surface area contributed by atoms with Gasteiger partial charge in [-0.25, -0.2) is 4.79 Å². The first-order valence-corrected chi connectivity index (χ1v) is 7.77. The van der Waals surface area contributed by atoms with E-state index < -0.39 is 12.0 Å². The van der Waals surface area contributed by atoms with Crippen molar-refractivity contribution in [1.82, 2.24) is 10.2 Å². The minimum absolute atomic E-state index is 0.0832. The van der Waals surface area contributed by atoms with Crippen LogP contribution in [-0.2, 0) is 9.59 Å². The fourth-order valence-electron chi connectivity index (χ4n) is 4.01. The van der Waals surface area contributed by atoms with Gasteiger partial charge in [-0.05, 0) is 56.5 Å². The molecule has 0 radical (unpaired) electrons. The van der Waals surface area contributed by atoms with Crippen LogP contribution in [0.2, 0.25) is 0 Å². The van der Waals surface area contributed by atoms with Gasteiger partial charge in [0, 0.05) is 12.5 Å². The molecule has 3 unspecified atom stereocenters. The first-order chi connectivity index (χ1) is 9.53. The summed E-state index contributed by atoms with van der Waals surface area (Å²) in [5.41, 5.74) is 0.189. The largest absolute Gasteiger partial charge is 0.480 e. The molecule has 2 N–H and O–H groups in total. The van der Waals surface area contributed by atoms with Crippen LogP contribution in [0.15, 0.2) is 0 Å². The Morgan fingerprint density at radius 1 is 1.30 bits per heavy atom. The number of carboxylic acids is 1. The number of hydrogen-bond donors (Lipinski definition) is 2. The third-order valence-corrected chi connectivity index (χ3v) is 5.52. The van der Waals surface area contributed by atoms with Gasteiger partial charge in [-0.1, -0.05) is 6.92 Å². The minimum atomic E-state index is -0.843. The fourth-order valence-corrected chi connectivity index (χ4v) is 4.01. The summed E-state index contributed by atoms with van der Waals surface area (Å²) in [7, 11) is 0. The molecule has 1 amide bonds. The number of nitrogens with zero attached hydrogens (tertiary/aromatic N) is 1. The van der Waals surface area contributed by atoms with Crippen molar-refractivity contribution in [3.05, 3.63) is 0 Å². The normalized spacial score (nSPS) is 35.9. The molecule has 3 atom stereocenters. The summed E-state index contributed by atoms with van der Waals surface area (Å²) < 4.78 is 0. The summed E-state index contributed by atoms with van der Waals surface area (Å²) in [5, 5.41) is 12.7. The lowest BCUT2D eigenvalue weighted by Crippen LogP contribution is -2.51. The Hall–Kier alpha value is -1.10. The number of piperidine rings is 2. The standard InChI is InChI=1S/C15H24N2O3/c1-10-2-7-17(12(8-10)14(19)20)13(18)11-9-15(11)3-5-16-6-4-15/h10-12,16H,2-9H2,1H3,(H,19,20). The van der Waals surface area contributed by atoms with Crippen molar-refractivity contribution in [3.8, 4) is 0 Å². The highest BCUT2D eigenvalue weighted by atomic mass is 16.4. The second kappa shape index (κ2) is 5.02. The number of rotatable bonds is 2. The quantitative estimate of drug-likeness (QED) is 0.794. The van der Waals surface area contributed by atoms with Gasteiger partial charge in [-0.2, -0.15) is 0 Å². The Morgan fingerprint density at radius 2 is 2.00 bits per heavy atom. The van der Waals surface area contributed by atoms with Crippen molar-refractivity contribution < 1.29 is 14.7 Å². The lowest BCUT2D eigenvalue weighted by molar-refractivity contribution is -0.154. The lowest BCUT2D eigenvalue weighted by Gasteiger charge is -2.37. The third kappa shape index (κ3) is 2.32. The van der Waals surface area contributed by atoms with Gasteiger partial charge in [0.25, 0.3) is 0 Å². The molecule has 3 rings (SSSR count). The monoisotopic (exact) mass is 280 g/mol. The maximum atomic E-state index is 12.7. The molecule has 0 aromatic heterocycles. The van der Waals surface area contributed by atoms with E-state index in [0.717, 1.165) is 38.8 Å². The maximum Gasteiger partial charge on any atom is 0.326 e. The van der Waals surface area contributed by atoms with Gasteiger partial charge in [0.1, 0.15) is 6.04 Å². The molecule has 1 saturated carbocycles. The van der Waals surface area contributed by atoms with Crippen LogP contribution in [-0.4, -0.2) is 47.6 Å². The van der Waals surface area contributed by atoms with Crippen LogP contribution in [0.5, 0.6) is 0 Å². The molecular formula is C15H24N2O3. The Bertz CT molecular complexity index is 417. The summed E-state index contributed by atoms with van der Waals surface area (Å²) in [6.45, 7) is 4.66. The Kier molecular flexibility index (Phi) is 3.48. The van der Waals surface area contributed by atoms with Gasteiger partial charge in [-0.15, -0.1) is 0 Å². The number of carbonyl (C=O) groups is 2. The van der Waals surface area contributed by atoms with Gasteiger partial charge in [0.15, 0.2) is 0 Å². The van der Waals surface area contributed by atoms with Gasteiger partial charge in [0.05, 0.1) is 0 Å². The number of carboxylic acid groups (broad SMARTS) is 1. The van der Waals surface area contributed by atoms with E-state index in [2.05, 4.69) is 12.2 Å². The molecular weight excluding hydrogens is 256 g/mol. The topological polar surface area (TPSA) is 69.6 Å².